The molecule has 1 aromatic heterocycles. The van der Waals surface area contributed by atoms with E-state index >= 15 is 0 Å². The maximum absolute atomic E-state index is 3.69. The molecule has 0 radical (unpaired) electrons. The third-order valence-electron chi connectivity index (χ3n) is 5.11. The largest absolute Gasteiger partial charge is 0.314 e. The standard InChI is InChI=1S/C17H28N2S/c1-3-18-14-11-15-6-4-7-16(12-14)19(15)13(2)10-17-8-5-9-20-17/h5,8-9,13-16,18H,3-4,6-7,10-12H2,1-2H3. The van der Waals surface area contributed by atoms with Crippen LogP contribution in [0.15, 0.2) is 17.5 Å². The summed E-state index contributed by atoms with van der Waals surface area (Å²) in [6.45, 7) is 5.80. The van der Waals surface area contributed by atoms with E-state index in [4.69, 9.17) is 0 Å². The molecule has 2 fully saturated rings. The molecular formula is C17H28N2S. The van der Waals surface area contributed by atoms with Crippen LogP contribution in [0.25, 0.3) is 0 Å². The summed E-state index contributed by atoms with van der Waals surface area (Å²) in [7, 11) is 0. The second kappa shape index (κ2) is 6.59. The number of rotatable bonds is 5. The molecule has 2 aliphatic heterocycles. The molecule has 1 aromatic rings. The van der Waals surface area contributed by atoms with Crippen molar-refractivity contribution in [3.63, 3.8) is 0 Å². The molecular weight excluding hydrogens is 264 g/mol. The van der Waals surface area contributed by atoms with Crippen LogP contribution < -0.4 is 5.32 Å². The van der Waals surface area contributed by atoms with E-state index in [0.717, 1.165) is 24.7 Å². The summed E-state index contributed by atoms with van der Waals surface area (Å²) in [6.07, 6.45) is 8.21. The fraction of sp³-hybridized carbons (Fsp3) is 0.765. The fourth-order valence-electron chi connectivity index (χ4n) is 4.42. The molecule has 0 amide bonds. The Morgan fingerprint density at radius 1 is 1.35 bits per heavy atom. The summed E-state index contributed by atoms with van der Waals surface area (Å²) in [6, 6.07) is 7.59. The van der Waals surface area contributed by atoms with Gasteiger partial charge < -0.3 is 5.32 Å². The van der Waals surface area contributed by atoms with Gasteiger partial charge >= 0.3 is 0 Å². The normalized spacial score (nSPS) is 32.2. The highest BCUT2D eigenvalue weighted by Crippen LogP contribution is 2.36. The average Bonchev–Trinajstić information content (AvgIpc) is 2.90. The third kappa shape index (κ3) is 3.10. The van der Waals surface area contributed by atoms with E-state index < -0.39 is 0 Å². The van der Waals surface area contributed by atoms with Crippen molar-refractivity contribution in [3.05, 3.63) is 22.4 Å². The number of piperidine rings is 2. The van der Waals surface area contributed by atoms with Crippen LogP contribution >= 0.6 is 11.3 Å². The molecule has 0 aromatic carbocycles. The Morgan fingerprint density at radius 3 is 2.70 bits per heavy atom. The number of nitrogens with zero attached hydrogens (tertiary/aromatic N) is 1. The number of hydrogen-bond donors (Lipinski definition) is 1. The van der Waals surface area contributed by atoms with Gasteiger partial charge in [0.2, 0.25) is 0 Å². The van der Waals surface area contributed by atoms with Crippen molar-refractivity contribution in [3.8, 4) is 0 Å². The number of nitrogens with one attached hydrogen (secondary N) is 1. The Morgan fingerprint density at radius 2 is 2.10 bits per heavy atom. The minimum absolute atomic E-state index is 0.700. The Balaban J connectivity index is 1.66. The average molecular weight is 292 g/mol. The van der Waals surface area contributed by atoms with Crippen LogP contribution in [-0.4, -0.2) is 35.6 Å². The summed E-state index contributed by atoms with van der Waals surface area (Å²) < 4.78 is 0. The highest BCUT2D eigenvalue weighted by atomic mass is 32.1. The lowest BCUT2D eigenvalue weighted by molar-refractivity contribution is -0.00467. The van der Waals surface area contributed by atoms with Crippen molar-refractivity contribution >= 4 is 11.3 Å². The Bertz CT molecular complexity index is 389. The zero-order chi connectivity index (χ0) is 13.9. The lowest BCUT2D eigenvalue weighted by Crippen LogP contribution is -2.59. The van der Waals surface area contributed by atoms with Gasteiger partial charge in [0.25, 0.3) is 0 Å². The summed E-state index contributed by atoms with van der Waals surface area (Å²) in [5, 5.41) is 5.90. The molecule has 112 valence electrons. The van der Waals surface area contributed by atoms with Gasteiger partial charge in [-0.1, -0.05) is 19.4 Å². The van der Waals surface area contributed by atoms with Gasteiger partial charge in [-0.05, 0) is 57.0 Å². The summed E-state index contributed by atoms with van der Waals surface area (Å²) >= 11 is 1.91. The molecule has 3 atom stereocenters. The van der Waals surface area contributed by atoms with Crippen molar-refractivity contribution in [1.82, 2.24) is 10.2 Å². The van der Waals surface area contributed by atoms with E-state index in [-0.39, 0.29) is 0 Å². The first-order valence-electron chi connectivity index (χ1n) is 8.31. The smallest absolute Gasteiger partial charge is 0.0121 e. The van der Waals surface area contributed by atoms with Crippen LogP contribution in [0.2, 0.25) is 0 Å². The first kappa shape index (κ1) is 14.6. The molecule has 0 spiro atoms. The van der Waals surface area contributed by atoms with E-state index in [1.807, 2.05) is 11.3 Å². The minimum Gasteiger partial charge on any atom is -0.314 e. The molecule has 2 aliphatic rings. The van der Waals surface area contributed by atoms with Crippen molar-refractivity contribution < 1.29 is 0 Å². The number of hydrogen-bond acceptors (Lipinski definition) is 3. The van der Waals surface area contributed by atoms with Crippen LogP contribution in [0.4, 0.5) is 0 Å². The van der Waals surface area contributed by atoms with Crippen molar-refractivity contribution in [1.29, 1.82) is 0 Å². The number of thiophene rings is 1. The molecule has 3 heterocycles. The number of fused-ring (bicyclic) bond motifs is 2. The molecule has 0 saturated carbocycles. The second-order valence-corrected chi connectivity index (χ2v) is 7.58. The van der Waals surface area contributed by atoms with Crippen LogP contribution in [0.3, 0.4) is 0 Å². The molecule has 20 heavy (non-hydrogen) atoms. The van der Waals surface area contributed by atoms with E-state index in [1.165, 1.54) is 38.5 Å². The van der Waals surface area contributed by atoms with Crippen molar-refractivity contribution in [2.45, 2.75) is 76.5 Å². The Hall–Kier alpha value is -0.380. The second-order valence-electron chi connectivity index (χ2n) is 6.54. The molecule has 3 rings (SSSR count). The lowest BCUT2D eigenvalue weighted by atomic mass is 9.80. The Kier molecular flexibility index (Phi) is 4.79. The van der Waals surface area contributed by atoms with Gasteiger partial charge in [0.15, 0.2) is 0 Å². The van der Waals surface area contributed by atoms with Gasteiger partial charge in [0.05, 0.1) is 0 Å². The highest BCUT2D eigenvalue weighted by Gasteiger charge is 2.39. The SMILES string of the molecule is CCNC1CC2CCCC(C1)N2C(C)Cc1cccs1. The first-order valence-corrected chi connectivity index (χ1v) is 9.19. The van der Waals surface area contributed by atoms with Crippen LogP contribution in [0, 0.1) is 0 Å². The molecule has 3 heteroatoms. The molecule has 2 nitrogen and oxygen atoms in total. The van der Waals surface area contributed by atoms with Crippen LogP contribution in [0.1, 0.15) is 50.8 Å². The maximum atomic E-state index is 3.69. The summed E-state index contributed by atoms with van der Waals surface area (Å²) in [5.74, 6) is 0. The molecule has 3 unspecified atom stereocenters. The predicted molar refractivity (Wildman–Crippen MR) is 87.4 cm³/mol. The zero-order valence-electron chi connectivity index (χ0n) is 12.8. The maximum Gasteiger partial charge on any atom is 0.0121 e. The summed E-state index contributed by atoms with van der Waals surface area (Å²) in [4.78, 5) is 4.42. The molecule has 0 aliphatic carbocycles. The van der Waals surface area contributed by atoms with E-state index in [1.54, 1.807) is 4.88 Å². The summed E-state index contributed by atoms with van der Waals surface area (Å²) in [5.41, 5.74) is 0. The van der Waals surface area contributed by atoms with E-state index in [0.29, 0.717) is 6.04 Å². The third-order valence-corrected chi connectivity index (χ3v) is 6.01. The van der Waals surface area contributed by atoms with Gasteiger partial charge in [-0.2, -0.15) is 0 Å². The fourth-order valence-corrected chi connectivity index (χ4v) is 5.24. The van der Waals surface area contributed by atoms with Gasteiger partial charge in [0, 0.05) is 29.0 Å². The highest BCUT2D eigenvalue weighted by molar-refractivity contribution is 7.09. The lowest BCUT2D eigenvalue weighted by Gasteiger charge is -2.51. The zero-order valence-corrected chi connectivity index (χ0v) is 13.7. The topological polar surface area (TPSA) is 15.3 Å². The van der Waals surface area contributed by atoms with Gasteiger partial charge in [-0.15, -0.1) is 11.3 Å². The monoisotopic (exact) mass is 292 g/mol. The van der Waals surface area contributed by atoms with Crippen molar-refractivity contribution in [2.75, 3.05) is 6.54 Å². The van der Waals surface area contributed by atoms with Gasteiger partial charge in [-0.3, -0.25) is 4.90 Å². The van der Waals surface area contributed by atoms with Gasteiger partial charge in [-0.25, -0.2) is 0 Å². The van der Waals surface area contributed by atoms with E-state index in [9.17, 15) is 0 Å². The van der Waals surface area contributed by atoms with Crippen LogP contribution in [0.5, 0.6) is 0 Å². The van der Waals surface area contributed by atoms with E-state index in [2.05, 4.69) is 41.6 Å². The van der Waals surface area contributed by atoms with Crippen LogP contribution in [-0.2, 0) is 6.42 Å². The first-order chi connectivity index (χ1) is 9.78. The van der Waals surface area contributed by atoms with Crippen molar-refractivity contribution in [2.24, 2.45) is 0 Å². The molecule has 2 bridgehead atoms. The van der Waals surface area contributed by atoms with Gasteiger partial charge in [0.1, 0.15) is 0 Å². The minimum atomic E-state index is 0.700. The quantitative estimate of drug-likeness (QED) is 0.890. The molecule has 1 N–H and O–H groups in total. The predicted octanol–water partition coefficient (Wildman–Crippen LogP) is 3.67. The Labute approximate surface area is 127 Å². The molecule has 2 saturated heterocycles.